The first kappa shape index (κ1) is 16.1. The summed E-state index contributed by atoms with van der Waals surface area (Å²) in [5, 5.41) is 12.7. The van der Waals surface area contributed by atoms with Crippen LogP contribution in [0.25, 0.3) is 21.9 Å². The first-order chi connectivity index (χ1) is 12.2. The lowest BCUT2D eigenvalue weighted by atomic mass is 10.2. The number of aliphatic hydroxyl groups is 1. The summed E-state index contributed by atoms with van der Waals surface area (Å²) in [6.07, 6.45) is 1.14. The van der Waals surface area contributed by atoms with Crippen LogP contribution in [0, 0.1) is 0 Å². The number of ether oxygens (including phenoxy) is 1. The van der Waals surface area contributed by atoms with Gasteiger partial charge in [-0.15, -0.1) is 0 Å². The second-order valence-electron chi connectivity index (χ2n) is 5.92. The molecule has 1 unspecified atom stereocenters. The smallest absolute Gasteiger partial charge is 0.141 e. The van der Waals surface area contributed by atoms with E-state index in [1.54, 1.807) is 6.20 Å². The summed E-state index contributed by atoms with van der Waals surface area (Å²) < 4.78 is 8.74. The highest BCUT2D eigenvalue weighted by atomic mass is 79.9. The lowest BCUT2D eigenvalue weighted by Crippen LogP contribution is -2.23. The van der Waals surface area contributed by atoms with Gasteiger partial charge in [0, 0.05) is 21.4 Å². The molecule has 0 fully saturated rings. The SMILES string of the molecule is OC(COc1ccccc1)Cn1c2ccc(Br)cc2c2cccnc21. The number of nitrogens with zero attached hydrogens (tertiary/aromatic N) is 2. The van der Waals surface area contributed by atoms with Gasteiger partial charge in [-0.2, -0.15) is 0 Å². The fourth-order valence-electron chi connectivity index (χ4n) is 3.05. The maximum Gasteiger partial charge on any atom is 0.141 e. The number of fused-ring (bicyclic) bond motifs is 3. The number of aromatic nitrogens is 2. The Bertz CT molecular complexity index is 1010. The highest BCUT2D eigenvalue weighted by Crippen LogP contribution is 2.30. The van der Waals surface area contributed by atoms with Crippen LogP contribution in [0.3, 0.4) is 0 Å². The van der Waals surface area contributed by atoms with E-state index in [-0.39, 0.29) is 6.61 Å². The van der Waals surface area contributed by atoms with E-state index in [1.165, 1.54) is 0 Å². The first-order valence-corrected chi connectivity index (χ1v) is 8.90. The standard InChI is InChI=1S/C20H17BrN2O2/c21-14-8-9-19-18(11-14)17-7-4-10-22-20(17)23(19)12-15(24)13-25-16-5-2-1-3-6-16/h1-11,15,24H,12-13H2. The summed E-state index contributed by atoms with van der Waals surface area (Å²) in [6, 6.07) is 19.7. The Morgan fingerprint density at radius 1 is 1.04 bits per heavy atom. The van der Waals surface area contributed by atoms with E-state index >= 15 is 0 Å². The molecular weight excluding hydrogens is 380 g/mol. The molecule has 0 spiro atoms. The number of benzene rings is 2. The summed E-state index contributed by atoms with van der Waals surface area (Å²) in [4.78, 5) is 4.52. The molecular formula is C20H17BrN2O2. The monoisotopic (exact) mass is 396 g/mol. The summed E-state index contributed by atoms with van der Waals surface area (Å²) in [6.45, 7) is 0.653. The average Bonchev–Trinajstić information content (AvgIpc) is 2.94. The van der Waals surface area contributed by atoms with Crippen molar-refractivity contribution in [1.82, 2.24) is 9.55 Å². The number of rotatable bonds is 5. The minimum Gasteiger partial charge on any atom is -0.491 e. The molecule has 2 aromatic carbocycles. The van der Waals surface area contributed by atoms with Crippen molar-refractivity contribution in [3.05, 3.63) is 71.3 Å². The molecule has 4 rings (SSSR count). The Balaban J connectivity index is 1.63. The van der Waals surface area contributed by atoms with Crippen molar-refractivity contribution in [2.24, 2.45) is 0 Å². The molecule has 0 aliphatic carbocycles. The molecule has 4 aromatic rings. The van der Waals surface area contributed by atoms with Crippen LogP contribution in [0.4, 0.5) is 0 Å². The Labute approximate surface area is 153 Å². The normalized spacial score (nSPS) is 12.6. The maximum atomic E-state index is 10.5. The zero-order chi connectivity index (χ0) is 17.2. The van der Waals surface area contributed by atoms with Crippen LogP contribution in [0.15, 0.2) is 71.3 Å². The number of pyridine rings is 1. The van der Waals surface area contributed by atoms with Crippen LogP contribution in [0.2, 0.25) is 0 Å². The second kappa shape index (κ2) is 6.86. The van der Waals surface area contributed by atoms with Crippen molar-refractivity contribution in [2.75, 3.05) is 6.61 Å². The predicted molar refractivity (Wildman–Crippen MR) is 103 cm³/mol. The van der Waals surface area contributed by atoms with Gasteiger partial charge >= 0.3 is 0 Å². The fraction of sp³-hybridized carbons (Fsp3) is 0.150. The summed E-state index contributed by atoms with van der Waals surface area (Å²) in [5.41, 5.74) is 1.92. The van der Waals surface area contributed by atoms with E-state index < -0.39 is 6.10 Å². The zero-order valence-corrected chi connectivity index (χ0v) is 15.1. The van der Waals surface area contributed by atoms with Crippen LogP contribution in [-0.4, -0.2) is 27.4 Å². The number of aliphatic hydroxyl groups excluding tert-OH is 1. The quantitative estimate of drug-likeness (QED) is 0.543. The molecule has 0 amide bonds. The minimum absolute atomic E-state index is 0.231. The average molecular weight is 397 g/mol. The summed E-state index contributed by atoms with van der Waals surface area (Å²) in [5.74, 6) is 0.755. The van der Waals surface area contributed by atoms with Crippen molar-refractivity contribution in [1.29, 1.82) is 0 Å². The largest absolute Gasteiger partial charge is 0.491 e. The van der Waals surface area contributed by atoms with E-state index in [4.69, 9.17) is 4.74 Å². The Morgan fingerprint density at radius 2 is 1.88 bits per heavy atom. The van der Waals surface area contributed by atoms with Gasteiger partial charge < -0.3 is 14.4 Å². The molecule has 1 atom stereocenters. The van der Waals surface area contributed by atoms with Crippen LogP contribution >= 0.6 is 15.9 Å². The van der Waals surface area contributed by atoms with E-state index in [0.29, 0.717) is 6.54 Å². The van der Waals surface area contributed by atoms with Gasteiger partial charge in [0.1, 0.15) is 24.1 Å². The molecule has 0 saturated heterocycles. The highest BCUT2D eigenvalue weighted by molar-refractivity contribution is 9.10. The van der Waals surface area contributed by atoms with Crippen molar-refractivity contribution < 1.29 is 9.84 Å². The molecule has 126 valence electrons. The molecule has 0 bridgehead atoms. The Morgan fingerprint density at radius 3 is 2.72 bits per heavy atom. The Kier molecular flexibility index (Phi) is 4.42. The molecule has 4 nitrogen and oxygen atoms in total. The zero-order valence-electron chi connectivity index (χ0n) is 13.5. The number of hydrogen-bond acceptors (Lipinski definition) is 3. The van der Waals surface area contributed by atoms with Gasteiger partial charge in [-0.1, -0.05) is 34.1 Å². The number of halogens is 1. The molecule has 0 saturated carbocycles. The molecule has 0 aliphatic rings. The predicted octanol–water partition coefficient (Wildman–Crippen LogP) is 4.39. The van der Waals surface area contributed by atoms with Crippen LogP contribution in [-0.2, 0) is 6.54 Å². The highest BCUT2D eigenvalue weighted by Gasteiger charge is 2.15. The number of hydrogen-bond donors (Lipinski definition) is 1. The maximum absolute atomic E-state index is 10.5. The minimum atomic E-state index is -0.635. The lowest BCUT2D eigenvalue weighted by Gasteiger charge is -2.14. The van der Waals surface area contributed by atoms with E-state index in [2.05, 4.69) is 37.6 Å². The van der Waals surface area contributed by atoms with Gasteiger partial charge in [0.2, 0.25) is 0 Å². The van der Waals surface area contributed by atoms with Crippen LogP contribution in [0.5, 0.6) is 5.75 Å². The van der Waals surface area contributed by atoms with Crippen molar-refractivity contribution in [3.8, 4) is 5.75 Å². The topological polar surface area (TPSA) is 47.3 Å². The third-order valence-corrected chi connectivity index (χ3v) is 4.65. The van der Waals surface area contributed by atoms with Crippen LogP contribution in [0.1, 0.15) is 0 Å². The van der Waals surface area contributed by atoms with E-state index in [0.717, 1.165) is 32.2 Å². The molecule has 5 heteroatoms. The third kappa shape index (κ3) is 3.25. The fourth-order valence-corrected chi connectivity index (χ4v) is 3.41. The second-order valence-corrected chi connectivity index (χ2v) is 6.84. The van der Waals surface area contributed by atoms with Crippen molar-refractivity contribution >= 4 is 37.9 Å². The Hall–Kier alpha value is -2.37. The molecule has 1 N–H and O–H groups in total. The van der Waals surface area contributed by atoms with Crippen molar-refractivity contribution in [3.63, 3.8) is 0 Å². The van der Waals surface area contributed by atoms with Gasteiger partial charge in [0.25, 0.3) is 0 Å². The molecule has 2 aromatic heterocycles. The van der Waals surface area contributed by atoms with E-state index in [1.807, 2.05) is 48.5 Å². The number of para-hydroxylation sites is 1. The van der Waals surface area contributed by atoms with Crippen LogP contribution < -0.4 is 4.74 Å². The van der Waals surface area contributed by atoms with Gasteiger partial charge in [-0.3, -0.25) is 0 Å². The molecule has 2 heterocycles. The third-order valence-electron chi connectivity index (χ3n) is 4.16. The summed E-state index contributed by atoms with van der Waals surface area (Å²) in [7, 11) is 0. The molecule has 0 radical (unpaired) electrons. The molecule has 0 aliphatic heterocycles. The van der Waals surface area contributed by atoms with Gasteiger partial charge in [-0.05, 0) is 42.5 Å². The van der Waals surface area contributed by atoms with Gasteiger partial charge in [-0.25, -0.2) is 4.98 Å². The molecule has 25 heavy (non-hydrogen) atoms. The van der Waals surface area contributed by atoms with Gasteiger partial charge in [0.15, 0.2) is 0 Å². The lowest BCUT2D eigenvalue weighted by molar-refractivity contribution is 0.0944. The van der Waals surface area contributed by atoms with Gasteiger partial charge in [0.05, 0.1) is 12.1 Å². The van der Waals surface area contributed by atoms with Crippen molar-refractivity contribution in [2.45, 2.75) is 12.6 Å². The summed E-state index contributed by atoms with van der Waals surface area (Å²) >= 11 is 3.53. The first-order valence-electron chi connectivity index (χ1n) is 8.11. The van der Waals surface area contributed by atoms with E-state index in [9.17, 15) is 5.11 Å².